The van der Waals surface area contributed by atoms with Gasteiger partial charge in [0.15, 0.2) is 0 Å². The molecule has 18 heavy (non-hydrogen) atoms. The molecule has 5 nitrogen and oxygen atoms in total. The average molecular weight is 250 g/mol. The van der Waals surface area contributed by atoms with Crippen molar-refractivity contribution < 1.29 is 4.79 Å². The van der Waals surface area contributed by atoms with E-state index in [0.717, 1.165) is 31.6 Å². The number of hydrogen-bond acceptors (Lipinski definition) is 3. The fraction of sp³-hybridized carbons (Fsp3) is 0.692. The van der Waals surface area contributed by atoms with Crippen LogP contribution >= 0.6 is 0 Å². The first-order valence-electron chi connectivity index (χ1n) is 6.69. The Morgan fingerprint density at radius 2 is 2.22 bits per heavy atom. The van der Waals surface area contributed by atoms with Gasteiger partial charge in [-0.15, -0.1) is 0 Å². The standard InChI is InChI=1S/C13H22N4O/c1-16(8-5-12-9-14-15-10-12)13(18)11-17-6-3-2-4-7-17/h9-10H,2-8,11H2,1H3,(H,14,15). The molecule has 0 bridgehead atoms. The minimum absolute atomic E-state index is 0.223. The van der Waals surface area contributed by atoms with Gasteiger partial charge in [-0.2, -0.15) is 5.10 Å². The molecule has 1 saturated heterocycles. The number of H-pyrrole nitrogens is 1. The van der Waals surface area contributed by atoms with Crippen molar-refractivity contribution in [3.05, 3.63) is 18.0 Å². The second-order valence-corrected chi connectivity index (χ2v) is 5.01. The average Bonchev–Trinajstić information content (AvgIpc) is 2.90. The second kappa shape index (κ2) is 6.54. The monoisotopic (exact) mass is 250 g/mol. The molecule has 2 heterocycles. The third kappa shape index (κ3) is 3.84. The van der Waals surface area contributed by atoms with Crippen molar-refractivity contribution in [1.82, 2.24) is 20.0 Å². The number of hydrogen-bond donors (Lipinski definition) is 1. The Morgan fingerprint density at radius 3 is 2.89 bits per heavy atom. The number of carbonyl (C=O) groups excluding carboxylic acids is 1. The maximum Gasteiger partial charge on any atom is 0.236 e. The van der Waals surface area contributed by atoms with Crippen LogP contribution in [0, 0.1) is 0 Å². The molecule has 1 aromatic heterocycles. The number of aromatic amines is 1. The van der Waals surface area contributed by atoms with Gasteiger partial charge in [-0.3, -0.25) is 14.8 Å². The third-order valence-corrected chi connectivity index (χ3v) is 3.52. The highest BCUT2D eigenvalue weighted by Crippen LogP contribution is 2.08. The number of amides is 1. The summed E-state index contributed by atoms with van der Waals surface area (Å²) < 4.78 is 0. The molecule has 0 unspecified atom stereocenters. The molecular formula is C13H22N4O. The summed E-state index contributed by atoms with van der Waals surface area (Å²) in [6, 6.07) is 0. The Morgan fingerprint density at radius 1 is 1.44 bits per heavy atom. The Kier molecular flexibility index (Phi) is 4.75. The first kappa shape index (κ1) is 13.1. The van der Waals surface area contributed by atoms with E-state index in [1.54, 1.807) is 0 Å². The Labute approximate surface area is 108 Å². The lowest BCUT2D eigenvalue weighted by molar-refractivity contribution is -0.131. The molecule has 1 aromatic rings. The van der Waals surface area contributed by atoms with Gasteiger partial charge in [0.2, 0.25) is 5.91 Å². The largest absolute Gasteiger partial charge is 0.344 e. The predicted octanol–water partition coefficient (Wildman–Crippen LogP) is 0.896. The van der Waals surface area contributed by atoms with E-state index in [0.29, 0.717) is 6.54 Å². The van der Waals surface area contributed by atoms with Crippen molar-refractivity contribution in [2.24, 2.45) is 0 Å². The van der Waals surface area contributed by atoms with Crippen molar-refractivity contribution in [2.75, 3.05) is 33.2 Å². The van der Waals surface area contributed by atoms with Gasteiger partial charge in [-0.25, -0.2) is 0 Å². The van der Waals surface area contributed by atoms with Gasteiger partial charge in [0.05, 0.1) is 12.7 Å². The number of aromatic nitrogens is 2. The number of piperidine rings is 1. The van der Waals surface area contributed by atoms with E-state index in [1.165, 1.54) is 19.3 Å². The van der Waals surface area contributed by atoms with Crippen LogP contribution in [-0.4, -0.2) is 59.1 Å². The van der Waals surface area contributed by atoms with Crippen LogP contribution < -0.4 is 0 Å². The summed E-state index contributed by atoms with van der Waals surface area (Å²) in [5.74, 6) is 0.223. The zero-order valence-corrected chi connectivity index (χ0v) is 11.1. The number of rotatable bonds is 5. The number of likely N-dealkylation sites (tertiary alicyclic amines) is 1. The first-order valence-corrected chi connectivity index (χ1v) is 6.69. The Balaban J connectivity index is 1.70. The van der Waals surface area contributed by atoms with Crippen LogP contribution in [0.25, 0.3) is 0 Å². The van der Waals surface area contributed by atoms with E-state index < -0.39 is 0 Å². The van der Waals surface area contributed by atoms with E-state index in [-0.39, 0.29) is 5.91 Å². The highest BCUT2D eigenvalue weighted by atomic mass is 16.2. The van der Waals surface area contributed by atoms with Gasteiger partial charge in [-0.1, -0.05) is 6.42 Å². The SMILES string of the molecule is CN(CCc1cn[nH]c1)C(=O)CN1CCCCC1. The predicted molar refractivity (Wildman–Crippen MR) is 70.2 cm³/mol. The van der Waals surface area contributed by atoms with Gasteiger partial charge in [0.1, 0.15) is 0 Å². The molecule has 0 radical (unpaired) electrons. The summed E-state index contributed by atoms with van der Waals surface area (Å²) in [6.07, 6.45) is 8.31. The summed E-state index contributed by atoms with van der Waals surface area (Å²) in [7, 11) is 1.88. The summed E-state index contributed by atoms with van der Waals surface area (Å²) in [5.41, 5.74) is 1.15. The van der Waals surface area contributed by atoms with Gasteiger partial charge in [0, 0.05) is 19.8 Å². The molecule has 0 saturated carbocycles. The van der Waals surface area contributed by atoms with Crippen molar-refractivity contribution in [2.45, 2.75) is 25.7 Å². The number of likely N-dealkylation sites (N-methyl/N-ethyl adjacent to an activating group) is 1. The normalized spacial score (nSPS) is 16.7. The fourth-order valence-corrected chi connectivity index (χ4v) is 2.27. The maximum absolute atomic E-state index is 12.0. The summed E-state index contributed by atoms with van der Waals surface area (Å²) in [4.78, 5) is 16.1. The smallest absolute Gasteiger partial charge is 0.236 e. The van der Waals surface area contributed by atoms with Crippen LogP contribution in [0.3, 0.4) is 0 Å². The highest BCUT2D eigenvalue weighted by molar-refractivity contribution is 5.78. The molecule has 0 aliphatic carbocycles. The molecule has 0 atom stereocenters. The van der Waals surface area contributed by atoms with Crippen LogP contribution in [0.4, 0.5) is 0 Å². The topological polar surface area (TPSA) is 52.2 Å². The first-order chi connectivity index (χ1) is 8.75. The second-order valence-electron chi connectivity index (χ2n) is 5.01. The van der Waals surface area contributed by atoms with E-state index in [1.807, 2.05) is 24.3 Å². The van der Waals surface area contributed by atoms with Crippen LogP contribution in [-0.2, 0) is 11.2 Å². The van der Waals surface area contributed by atoms with Gasteiger partial charge in [-0.05, 0) is 37.9 Å². The number of nitrogens with one attached hydrogen (secondary N) is 1. The van der Waals surface area contributed by atoms with Crippen LogP contribution in [0.1, 0.15) is 24.8 Å². The third-order valence-electron chi connectivity index (χ3n) is 3.52. The van der Waals surface area contributed by atoms with Crippen molar-refractivity contribution in [3.63, 3.8) is 0 Å². The molecule has 100 valence electrons. The molecule has 1 fully saturated rings. The van der Waals surface area contributed by atoms with Crippen LogP contribution in [0.5, 0.6) is 0 Å². The number of carbonyl (C=O) groups is 1. The summed E-state index contributed by atoms with van der Waals surface area (Å²) >= 11 is 0. The van der Waals surface area contributed by atoms with Crippen molar-refractivity contribution in [3.8, 4) is 0 Å². The van der Waals surface area contributed by atoms with Gasteiger partial charge < -0.3 is 4.90 Å². The van der Waals surface area contributed by atoms with E-state index >= 15 is 0 Å². The van der Waals surface area contributed by atoms with Crippen molar-refractivity contribution >= 4 is 5.91 Å². The van der Waals surface area contributed by atoms with E-state index in [9.17, 15) is 4.79 Å². The maximum atomic E-state index is 12.0. The zero-order valence-electron chi connectivity index (χ0n) is 11.1. The fourth-order valence-electron chi connectivity index (χ4n) is 2.27. The Hall–Kier alpha value is -1.36. The summed E-state index contributed by atoms with van der Waals surface area (Å²) in [5, 5.41) is 6.69. The molecule has 1 amide bonds. The Bertz CT molecular complexity index is 357. The molecule has 5 heteroatoms. The minimum Gasteiger partial charge on any atom is -0.344 e. The molecule has 2 rings (SSSR count). The molecular weight excluding hydrogens is 228 g/mol. The molecule has 1 aliphatic heterocycles. The molecule has 0 aromatic carbocycles. The highest BCUT2D eigenvalue weighted by Gasteiger charge is 2.16. The zero-order chi connectivity index (χ0) is 12.8. The van der Waals surface area contributed by atoms with Gasteiger partial charge >= 0.3 is 0 Å². The quantitative estimate of drug-likeness (QED) is 0.844. The molecule has 0 spiro atoms. The molecule has 1 aliphatic rings. The van der Waals surface area contributed by atoms with Crippen LogP contribution in [0.15, 0.2) is 12.4 Å². The minimum atomic E-state index is 0.223. The van der Waals surface area contributed by atoms with E-state index in [2.05, 4.69) is 15.1 Å². The lowest BCUT2D eigenvalue weighted by atomic mass is 10.1. The van der Waals surface area contributed by atoms with Crippen LogP contribution in [0.2, 0.25) is 0 Å². The molecule has 1 N–H and O–H groups in total. The lowest BCUT2D eigenvalue weighted by Crippen LogP contribution is -2.41. The number of nitrogens with zero attached hydrogens (tertiary/aromatic N) is 3. The van der Waals surface area contributed by atoms with Gasteiger partial charge in [0.25, 0.3) is 0 Å². The summed E-state index contributed by atoms with van der Waals surface area (Å²) in [6.45, 7) is 3.47. The lowest BCUT2D eigenvalue weighted by Gasteiger charge is -2.27. The van der Waals surface area contributed by atoms with Crippen molar-refractivity contribution in [1.29, 1.82) is 0 Å². The van der Waals surface area contributed by atoms with E-state index in [4.69, 9.17) is 0 Å².